The fourth-order valence-corrected chi connectivity index (χ4v) is 2.39. The summed E-state index contributed by atoms with van der Waals surface area (Å²) in [6.07, 6.45) is -0.553. The van der Waals surface area contributed by atoms with Gasteiger partial charge in [0.05, 0.1) is 0 Å². The number of ether oxygens (including phenoxy) is 1. The number of hydrogen-bond donors (Lipinski definition) is 2. The number of likely N-dealkylation sites (N-methyl/N-ethyl adjacent to an activating group) is 1. The Balaban J connectivity index is 1.87. The molecule has 0 aromatic heterocycles. The van der Waals surface area contributed by atoms with E-state index in [1.807, 2.05) is 55.4 Å². The van der Waals surface area contributed by atoms with E-state index in [4.69, 9.17) is 4.74 Å². The van der Waals surface area contributed by atoms with Crippen LogP contribution in [0.15, 0.2) is 48.5 Å². The Morgan fingerprint density at radius 2 is 1.95 bits per heavy atom. The van der Waals surface area contributed by atoms with Gasteiger partial charge < -0.3 is 20.1 Å². The van der Waals surface area contributed by atoms with Gasteiger partial charge in [-0.2, -0.15) is 0 Å². The van der Waals surface area contributed by atoms with Crippen LogP contribution in [0.1, 0.15) is 5.56 Å². The predicted molar refractivity (Wildman–Crippen MR) is 91.9 cm³/mol. The van der Waals surface area contributed by atoms with Gasteiger partial charge in [-0.15, -0.1) is 0 Å². The molecule has 0 saturated heterocycles. The van der Waals surface area contributed by atoms with Gasteiger partial charge >= 0.3 is 0 Å². The standard InChI is InChI=1S/C18H24N2O2/c1-14-7-4-5-10-18(14)20(3)12-16(21)13-22-17-9-6-8-15(11-17)19-2/h4-11,16,19,21H,12-13H2,1-3H3. The van der Waals surface area contributed by atoms with Crippen molar-refractivity contribution in [1.29, 1.82) is 0 Å². The van der Waals surface area contributed by atoms with Gasteiger partial charge in [0.15, 0.2) is 0 Å². The largest absolute Gasteiger partial charge is 0.491 e. The average molecular weight is 300 g/mol. The molecule has 2 aromatic rings. The lowest BCUT2D eigenvalue weighted by molar-refractivity contribution is 0.113. The Morgan fingerprint density at radius 3 is 2.68 bits per heavy atom. The number of aryl methyl sites for hydroxylation is 1. The lowest BCUT2D eigenvalue weighted by Gasteiger charge is -2.24. The van der Waals surface area contributed by atoms with E-state index in [-0.39, 0.29) is 6.61 Å². The zero-order valence-electron chi connectivity index (χ0n) is 13.4. The first-order chi connectivity index (χ1) is 10.6. The summed E-state index contributed by atoms with van der Waals surface area (Å²) in [5, 5.41) is 13.2. The molecule has 4 nitrogen and oxygen atoms in total. The van der Waals surface area contributed by atoms with Crippen LogP contribution in [0.4, 0.5) is 11.4 Å². The molecule has 0 spiro atoms. The molecule has 0 saturated carbocycles. The number of rotatable bonds is 7. The topological polar surface area (TPSA) is 44.7 Å². The number of nitrogens with zero attached hydrogens (tertiary/aromatic N) is 1. The van der Waals surface area contributed by atoms with Crippen molar-refractivity contribution in [3.05, 3.63) is 54.1 Å². The highest BCUT2D eigenvalue weighted by molar-refractivity contribution is 5.52. The minimum atomic E-state index is -0.553. The van der Waals surface area contributed by atoms with Crippen LogP contribution >= 0.6 is 0 Å². The van der Waals surface area contributed by atoms with Gasteiger partial charge in [-0.05, 0) is 30.7 Å². The molecule has 0 aliphatic heterocycles. The normalized spacial score (nSPS) is 11.8. The Kier molecular flexibility index (Phi) is 5.67. The SMILES string of the molecule is CNc1cccc(OCC(O)CN(C)c2ccccc2C)c1. The van der Waals surface area contributed by atoms with Crippen molar-refractivity contribution in [2.75, 3.05) is 37.5 Å². The summed E-state index contributed by atoms with van der Waals surface area (Å²) in [5.74, 6) is 0.754. The second kappa shape index (κ2) is 7.71. The van der Waals surface area contributed by atoms with Crippen LogP contribution in [0.3, 0.4) is 0 Å². The van der Waals surface area contributed by atoms with Crippen LogP contribution in [0, 0.1) is 6.92 Å². The summed E-state index contributed by atoms with van der Waals surface area (Å²) in [6, 6.07) is 15.8. The Labute approximate surface area is 132 Å². The Bertz CT molecular complexity index is 601. The maximum Gasteiger partial charge on any atom is 0.121 e. The molecular weight excluding hydrogens is 276 g/mol. The molecule has 2 rings (SSSR count). The number of aliphatic hydroxyl groups excluding tert-OH is 1. The van der Waals surface area contributed by atoms with Crippen molar-refractivity contribution >= 4 is 11.4 Å². The van der Waals surface area contributed by atoms with Crippen molar-refractivity contribution in [3.8, 4) is 5.75 Å². The number of nitrogens with one attached hydrogen (secondary N) is 1. The molecule has 0 aliphatic rings. The van der Waals surface area contributed by atoms with Crippen LogP contribution in [0.2, 0.25) is 0 Å². The minimum absolute atomic E-state index is 0.267. The fraction of sp³-hybridized carbons (Fsp3) is 0.333. The summed E-state index contributed by atoms with van der Waals surface area (Å²) in [4.78, 5) is 2.05. The molecule has 0 aliphatic carbocycles. The van der Waals surface area contributed by atoms with E-state index in [0.29, 0.717) is 6.54 Å². The second-order valence-corrected chi connectivity index (χ2v) is 5.41. The smallest absolute Gasteiger partial charge is 0.121 e. The average Bonchev–Trinajstić information content (AvgIpc) is 2.53. The van der Waals surface area contributed by atoms with Gasteiger partial charge in [0.25, 0.3) is 0 Å². The first kappa shape index (κ1) is 16.2. The molecule has 1 unspecified atom stereocenters. The highest BCUT2D eigenvalue weighted by Crippen LogP contribution is 2.19. The molecule has 2 N–H and O–H groups in total. The third-order valence-corrected chi connectivity index (χ3v) is 3.58. The number of benzene rings is 2. The number of hydrogen-bond acceptors (Lipinski definition) is 4. The van der Waals surface area contributed by atoms with Crippen LogP contribution in [-0.2, 0) is 0 Å². The highest BCUT2D eigenvalue weighted by Gasteiger charge is 2.11. The molecule has 0 bridgehead atoms. The van der Waals surface area contributed by atoms with E-state index in [1.165, 1.54) is 5.56 Å². The Hall–Kier alpha value is -2.20. The minimum Gasteiger partial charge on any atom is -0.491 e. The first-order valence-corrected chi connectivity index (χ1v) is 7.45. The van der Waals surface area contributed by atoms with E-state index >= 15 is 0 Å². The maximum atomic E-state index is 10.2. The third-order valence-electron chi connectivity index (χ3n) is 3.58. The van der Waals surface area contributed by atoms with E-state index in [1.54, 1.807) is 0 Å². The van der Waals surface area contributed by atoms with Gasteiger partial charge in [-0.25, -0.2) is 0 Å². The quantitative estimate of drug-likeness (QED) is 0.825. The van der Waals surface area contributed by atoms with Gasteiger partial charge in [0, 0.05) is 38.1 Å². The maximum absolute atomic E-state index is 10.2. The number of para-hydroxylation sites is 1. The van der Waals surface area contributed by atoms with E-state index in [9.17, 15) is 5.11 Å². The monoisotopic (exact) mass is 300 g/mol. The van der Waals surface area contributed by atoms with Crippen LogP contribution in [-0.4, -0.2) is 38.5 Å². The summed E-state index contributed by atoms with van der Waals surface area (Å²) in [6.45, 7) is 2.86. The molecule has 0 fully saturated rings. The molecule has 2 aromatic carbocycles. The predicted octanol–water partition coefficient (Wildman–Crippen LogP) is 2.91. The molecule has 4 heteroatoms. The third kappa shape index (κ3) is 4.40. The zero-order chi connectivity index (χ0) is 15.9. The highest BCUT2D eigenvalue weighted by atomic mass is 16.5. The summed E-state index contributed by atoms with van der Waals surface area (Å²) >= 11 is 0. The molecule has 118 valence electrons. The van der Waals surface area contributed by atoms with Gasteiger partial charge in [-0.1, -0.05) is 24.3 Å². The molecule has 0 heterocycles. The van der Waals surface area contributed by atoms with E-state index in [0.717, 1.165) is 17.1 Å². The van der Waals surface area contributed by atoms with Crippen LogP contribution in [0.25, 0.3) is 0 Å². The van der Waals surface area contributed by atoms with Crippen molar-refractivity contribution in [1.82, 2.24) is 0 Å². The second-order valence-electron chi connectivity index (χ2n) is 5.41. The van der Waals surface area contributed by atoms with Gasteiger partial charge in [-0.3, -0.25) is 0 Å². The summed E-state index contributed by atoms with van der Waals surface area (Å²) < 4.78 is 5.66. The fourth-order valence-electron chi connectivity index (χ4n) is 2.39. The van der Waals surface area contributed by atoms with E-state index in [2.05, 4.69) is 24.4 Å². The van der Waals surface area contributed by atoms with Crippen LogP contribution in [0.5, 0.6) is 5.75 Å². The number of aliphatic hydroxyl groups is 1. The van der Waals surface area contributed by atoms with Gasteiger partial charge in [0.2, 0.25) is 0 Å². The van der Waals surface area contributed by atoms with Crippen molar-refractivity contribution in [3.63, 3.8) is 0 Å². The van der Waals surface area contributed by atoms with Gasteiger partial charge in [0.1, 0.15) is 18.5 Å². The summed E-state index contributed by atoms with van der Waals surface area (Å²) in [5.41, 5.74) is 3.31. The van der Waals surface area contributed by atoms with Crippen molar-refractivity contribution < 1.29 is 9.84 Å². The summed E-state index contributed by atoms with van der Waals surface area (Å²) in [7, 11) is 3.85. The molecule has 22 heavy (non-hydrogen) atoms. The Morgan fingerprint density at radius 1 is 1.18 bits per heavy atom. The lowest BCUT2D eigenvalue weighted by Crippen LogP contribution is -2.33. The van der Waals surface area contributed by atoms with Crippen molar-refractivity contribution in [2.45, 2.75) is 13.0 Å². The first-order valence-electron chi connectivity index (χ1n) is 7.45. The zero-order valence-corrected chi connectivity index (χ0v) is 13.4. The molecule has 0 radical (unpaired) electrons. The molecular formula is C18H24N2O2. The van der Waals surface area contributed by atoms with Crippen LogP contribution < -0.4 is 15.0 Å². The van der Waals surface area contributed by atoms with E-state index < -0.39 is 6.10 Å². The molecule has 0 amide bonds. The van der Waals surface area contributed by atoms with Crippen molar-refractivity contribution in [2.24, 2.45) is 0 Å². The molecule has 1 atom stereocenters. The lowest BCUT2D eigenvalue weighted by atomic mass is 10.2. The number of anilines is 2.